The predicted molar refractivity (Wildman–Crippen MR) is 89.4 cm³/mol. The molecular weight excluding hydrogens is 274 g/mol. The first kappa shape index (κ1) is 16.1. The van der Waals surface area contributed by atoms with Crippen molar-refractivity contribution in [1.82, 2.24) is 5.32 Å². The number of amides is 1. The van der Waals surface area contributed by atoms with E-state index in [1.807, 2.05) is 56.3 Å². The van der Waals surface area contributed by atoms with Crippen molar-refractivity contribution >= 4 is 5.91 Å². The van der Waals surface area contributed by atoms with Crippen LogP contribution in [0.2, 0.25) is 0 Å². The second-order valence-electron chi connectivity index (χ2n) is 5.53. The Morgan fingerprint density at radius 1 is 1.14 bits per heavy atom. The first-order valence-corrected chi connectivity index (χ1v) is 7.57. The minimum absolute atomic E-state index is 0.00156. The van der Waals surface area contributed by atoms with E-state index in [9.17, 15) is 4.79 Å². The van der Waals surface area contributed by atoms with Crippen LogP contribution in [-0.2, 0) is 0 Å². The highest BCUT2D eigenvalue weighted by atomic mass is 16.5. The maximum absolute atomic E-state index is 12.5. The second kappa shape index (κ2) is 7.12. The number of benzene rings is 2. The Balaban J connectivity index is 2.18. The predicted octanol–water partition coefficient (Wildman–Crippen LogP) is 4.19. The summed E-state index contributed by atoms with van der Waals surface area (Å²) in [7, 11) is 1.65. The van der Waals surface area contributed by atoms with E-state index < -0.39 is 0 Å². The Labute approximate surface area is 132 Å². The molecule has 0 radical (unpaired) electrons. The molecular formula is C19H23NO2. The van der Waals surface area contributed by atoms with Crippen LogP contribution in [0.5, 0.6) is 5.75 Å². The number of rotatable bonds is 5. The van der Waals surface area contributed by atoms with E-state index in [2.05, 4.69) is 12.2 Å². The fourth-order valence-corrected chi connectivity index (χ4v) is 2.47. The van der Waals surface area contributed by atoms with Gasteiger partial charge in [-0.05, 0) is 49.6 Å². The zero-order valence-corrected chi connectivity index (χ0v) is 13.6. The highest BCUT2D eigenvalue weighted by Crippen LogP contribution is 2.21. The van der Waals surface area contributed by atoms with Gasteiger partial charge in [-0.15, -0.1) is 0 Å². The van der Waals surface area contributed by atoms with Crippen molar-refractivity contribution in [2.24, 2.45) is 0 Å². The van der Waals surface area contributed by atoms with Gasteiger partial charge in [-0.25, -0.2) is 0 Å². The van der Waals surface area contributed by atoms with Crippen molar-refractivity contribution in [3.05, 3.63) is 64.7 Å². The van der Waals surface area contributed by atoms with Crippen LogP contribution in [0.3, 0.4) is 0 Å². The summed E-state index contributed by atoms with van der Waals surface area (Å²) < 4.78 is 5.17. The van der Waals surface area contributed by atoms with E-state index in [1.165, 1.54) is 0 Å². The number of carbonyl (C=O) groups is 1. The lowest BCUT2D eigenvalue weighted by Gasteiger charge is -2.19. The lowest BCUT2D eigenvalue weighted by atomic mass is 10.0. The Morgan fingerprint density at radius 3 is 2.41 bits per heavy atom. The Hall–Kier alpha value is -2.29. The maximum Gasteiger partial charge on any atom is 0.252 e. The quantitative estimate of drug-likeness (QED) is 0.898. The lowest BCUT2D eigenvalue weighted by molar-refractivity contribution is 0.0935. The molecule has 0 saturated carbocycles. The van der Waals surface area contributed by atoms with E-state index in [0.717, 1.165) is 34.4 Å². The topological polar surface area (TPSA) is 38.3 Å². The molecule has 0 unspecified atom stereocenters. The van der Waals surface area contributed by atoms with E-state index in [-0.39, 0.29) is 11.9 Å². The number of carbonyl (C=O) groups excluding carboxylic acids is 1. The molecule has 3 heteroatoms. The highest BCUT2D eigenvalue weighted by molar-refractivity contribution is 5.96. The van der Waals surface area contributed by atoms with Gasteiger partial charge >= 0.3 is 0 Å². The van der Waals surface area contributed by atoms with Gasteiger partial charge in [-0.3, -0.25) is 4.79 Å². The average Bonchev–Trinajstić information content (AvgIpc) is 2.54. The van der Waals surface area contributed by atoms with E-state index in [1.54, 1.807) is 7.11 Å². The molecule has 0 spiro atoms. The number of aryl methyl sites for hydroxylation is 2. The summed E-state index contributed by atoms with van der Waals surface area (Å²) in [4.78, 5) is 12.5. The van der Waals surface area contributed by atoms with Gasteiger partial charge in [-0.2, -0.15) is 0 Å². The molecule has 22 heavy (non-hydrogen) atoms. The summed E-state index contributed by atoms with van der Waals surface area (Å²) in [6.45, 7) is 6.03. The summed E-state index contributed by atoms with van der Waals surface area (Å²) in [6.07, 6.45) is 0.836. The number of hydrogen-bond acceptors (Lipinski definition) is 2. The number of ether oxygens (including phenoxy) is 1. The molecule has 0 bridgehead atoms. The average molecular weight is 297 g/mol. The van der Waals surface area contributed by atoms with E-state index >= 15 is 0 Å². The Morgan fingerprint density at radius 2 is 1.82 bits per heavy atom. The summed E-state index contributed by atoms with van der Waals surface area (Å²) in [6, 6.07) is 13.8. The molecule has 0 heterocycles. The zero-order chi connectivity index (χ0) is 16.1. The first-order valence-electron chi connectivity index (χ1n) is 7.57. The van der Waals surface area contributed by atoms with Crippen molar-refractivity contribution < 1.29 is 9.53 Å². The zero-order valence-electron chi connectivity index (χ0n) is 13.6. The molecule has 0 aromatic heterocycles. The normalized spacial score (nSPS) is 11.8. The number of nitrogens with one attached hydrogen (secondary N) is 1. The molecule has 0 aliphatic carbocycles. The van der Waals surface area contributed by atoms with Gasteiger partial charge in [0.25, 0.3) is 5.91 Å². The van der Waals surface area contributed by atoms with Crippen LogP contribution in [0.4, 0.5) is 0 Å². The largest absolute Gasteiger partial charge is 0.497 e. The fraction of sp³-hybridized carbons (Fsp3) is 0.316. The molecule has 3 nitrogen and oxygen atoms in total. The molecule has 1 atom stereocenters. The van der Waals surface area contributed by atoms with Crippen LogP contribution in [0.1, 0.15) is 46.4 Å². The molecule has 0 aliphatic rings. The maximum atomic E-state index is 12.5. The Kier molecular flexibility index (Phi) is 5.21. The van der Waals surface area contributed by atoms with Gasteiger partial charge in [-0.1, -0.05) is 36.8 Å². The van der Waals surface area contributed by atoms with Crippen LogP contribution >= 0.6 is 0 Å². The smallest absolute Gasteiger partial charge is 0.252 e. The molecule has 0 fully saturated rings. The van der Waals surface area contributed by atoms with Crippen molar-refractivity contribution in [2.45, 2.75) is 33.2 Å². The molecule has 2 aromatic carbocycles. The van der Waals surface area contributed by atoms with Crippen LogP contribution in [0.25, 0.3) is 0 Å². The minimum Gasteiger partial charge on any atom is -0.497 e. The number of hydrogen-bond donors (Lipinski definition) is 1. The lowest BCUT2D eigenvalue weighted by Crippen LogP contribution is -2.28. The number of methoxy groups -OCH3 is 1. The third-order valence-corrected chi connectivity index (χ3v) is 3.87. The molecule has 0 saturated heterocycles. The van der Waals surface area contributed by atoms with Crippen molar-refractivity contribution in [3.63, 3.8) is 0 Å². The third kappa shape index (κ3) is 3.67. The van der Waals surface area contributed by atoms with Crippen LogP contribution in [0, 0.1) is 13.8 Å². The monoisotopic (exact) mass is 297 g/mol. The summed E-state index contributed by atoms with van der Waals surface area (Å²) in [5.41, 5.74) is 3.91. The van der Waals surface area contributed by atoms with Crippen LogP contribution < -0.4 is 10.1 Å². The van der Waals surface area contributed by atoms with Gasteiger partial charge in [0.15, 0.2) is 0 Å². The SMILES string of the molecule is CC[C@H](NC(=O)c1cc(C)ccc1C)c1ccc(OC)cc1. The van der Waals surface area contributed by atoms with Crippen molar-refractivity contribution in [2.75, 3.05) is 7.11 Å². The summed E-state index contributed by atoms with van der Waals surface area (Å²) >= 11 is 0. The van der Waals surface area contributed by atoms with Gasteiger partial charge in [0.1, 0.15) is 5.75 Å². The van der Waals surface area contributed by atoms with Crippen molar-refractivity contribution in [1.29, 1.82) is 0 Å². The third-order valence-electron chi connectivity index (χ3n) is 3.87. The van der Waals surface area contributed by atoms with Crippen molar-refractivity contribution in [3.8, 4) is 5.75 Å². The molecule has 1 N–H and O–H groups in total. The second-order valence-corrected chi connectivity index (χ2v) is 5.53. The fourth-order valence-electron chi connectivity index (χ4n) is 2.47. The first-order chi connectivity index (χ1) is 10.5. The summed E-state index contributed by atoms with van der Waals surface area (Å²) in [5.74, 6) is 0.795. The van der Waals surface area contributed by atoms with Crippen LogP contribution in [-0.4, -0.2) is 13.0 Å². The van der Waals surface area contributed by atoms with Gasteiger partial charge in [0.2, 0.25) is 0 Å². The van der Waals surface area contributed by atoms with Gasteiger partial charge in [0.05, 0.1) is 13.2 Å². The van der Waals surface area contributed by atoms with Gasteiger partial charge < -0.3 is 10.1 Å². The molecule has 2 aromatic rings. The molecule has 2 rings (SSSR count). The standard InChI is InChI=1S/C19H23NO2/c1-5-18(15-8-10-16(22-4)11-9-15)20-19(21)17-12-13(2)6-7-14(17)3/h6-12,18H,5H2,1-4H3,(H,20,21)/t18-/m0/s1. The van der Waals surface area contributed by atoms with Crippen LogP contribution in [0.15, 0.2) is 42.5 Å². The Bertz CT molecular complexity index is 647. The van der Waals surface area contributed by atoms with Gasteiger partial charge in [0, 0.05) is 5.56 Å². The molecule has 0 aliphatic heterocycles. The minimum atomic E-state index is -0.0242. The van der Waals surface area contributed by atoms with E-state index in [4.69, 9.17) is 4.74 Å². The molecule has 116 valence electrons. The molecule has 1 amide bonds. The highest BCUT2D eigenvalue weighted by Gasteiger charge is 2.15. The summed E-state index contributed by atoms with van der Waals surface area (Å²) in [5, 5.41) is 3.13. The van der Waals surface area contributed by atoms with E-state index in [0.29, 0.717) is 0 Å².